The van der Waals surface area contributed by atoms with Crippen molar-refractivity contribution in [3.8, 4) is 0 Å². The lowest BCUT2D eigenvalue weighted by Gasteiger charge is -2.24. The molecule has 5 nitrogen and oxygen atoms in total. The Kier molecular flexibility index (Phi) is 5.85. The minimum atomic E-state index is -0.544. The van der Waals surface area contributed by atoms with Gasteiger partial charge in [0.05, 0.1) is 15.8 Å². The van der Waals surface area contributed by atoms with E-state index in [4.69, 9.17) is 11.6 Å². The summed E-state index contributed by atoms with van der Waals surface area (Å²) >= 11 is 8.82. The molecule has 1 atom stereocenters. The summed E-state index contributed by atoms with van der Waals surface area (Å²) in [5.74, 6) is -0.271. The molecule has 0 bridgehead atoms. The number of benzene rings is 2. The van der Waals surface area contributed by atoms with Gasteiger partial charge in [0, 0.05) is 15.6 Å². The highest BCUT2D eigenvalue weighted by atomic mass is 35.5. The summed E-state index contributed by atoms with van der Waals surface area (Å²) in [6, 6.07) is 19.9. The Morgan fingerprint density at radius 1 is 1.09 bits per heavy atom. The maximum Gasteiger partial charge on any atom is 0.271 e. The molecule has 0 radical (unpaired) electrons. The zero-order valence-electron chi connectivity index (χ0n) is 17.5. The van der Waals surface area contributed by atoms with E-state index in [2.05, 4.69) is 10.3 Å². The number of amides is 1. The second kappa shape index (κ2) is 8.94. The third kappa shape index (κ3) is 4.23. The standard InChI is InChI=1S/C25H18ClN3O2S2/c1-15-21(23(30)28-18-6-3-2-4-7-18)22(19-8-5-13-32-19)29-24(31)20(33-25(29)27-15)14-16-9-11-17(26)12-10-16/h2-14,22H,1H3,(H,28,30)/b20-14+/t22-/m0/s1. The molecule has 8 heteroatoms. The van der Waals surface area contributed by atoms with Gasteiger partial charge in [0.1, 0.15) is 6.04 Å². The van der Waals surface area contributed by atoms with Crippen molar-refractivity contribution in [2.75, 3.05) is 5.32 Å². The summed E-state index contributed by atoms with van der Waals surface area (Å²) in [6.07, 6.45) is 1.83. The number of nitrogens with one attached hydrogen (secondary N) is 1. The molecule has 2 aromatic heterocycles. The molecule has 1 aliphatic heterocycles. The van der Waals surface area contributed by atoms with E-state index < -0.39 is 6.04 Å². The fourth-order valence-corrected chi connectivity index (χ4v) is 5.75. The molecule has 33 heavy (non-hydrogen) atoms. The number of rotatable bonds is 4. The number of hydrogen-bond acceptors (Lipinski definition) is 5. The second-order valence-electron chi connectivity index (χ2n) is 7.47. The molecular weight excluding hydrogens is 474 g/mol. The first-order valence-electron chi connectivity index (χ1n) is 10.2. The summed E-state index contributed by atoms with van der Waals surface area (Å²) in [4.78, 5) is 33.0. The molecule has 3 heterocycles. The van der Waals surface area contributed by atoms with Crippen LogP contribution in [0.15, 0.2) is 93.2 Å². The normalized spacial score (nSPS) is 15.8. The smallest absolute Gasteiger partial charge is 0.271 e. The number of para-hydroxylation sites is 1. The van der Waals surface area contributed by atoms with E-state index in [9.17, 15) is 9.59 Å². The van der Waals surface area contributed by atoms with Gasteiger partial charge < -0.3 is 5.32 Å². The number of hydrogen-bond donors (Lipinski definition) is 1. The quantitative estimate of drug-likeness (QED) is 0.454. The number of carbonyl (C=O) groups is 1. The van der Waals surface area contributed by atoms with Gasteiger partial charge in [-0.2, -0.15) is 0 Å². The first-order chi connectivity index (χ1) is 16.0. The van der Waals surface area contributed by atoms with Crippen LogP contribution in [0.1, 0.15) is 23.4 Å². The van der Waals surface area contributed by atoms with E-state index in [1.165, 1.54) is 22.7 Å². The molecule has 4 aromatic rings. The average Bonchev–Trinajstić information content (AvgIpc) is 3.44. The van der Waals surface area contributed by atoms with Crippen LogP contribution in [0.25, 0.3) is 6.08 Å². The van der Waals surface area contributed by atoms with Gasteiger partial charge >= 0.3 is 0 Å². The number of allylic oxidation sites excluding steroid dienone is 1. The molecule has 164 valence electrons. The Morgan fingerprint density at radius 2 is 1.85 bits per heavy atom. The molecule has 0 fully saturated rings. The number of fused-ring (bicyclic) bond motifs is 1. The van der Waals surface area contributed by atoms with Gasteiger partial charge in [-0.1, -0.05) is 59.3 Å². The topological polar surface area (TPSA) is 63.5 Å². The lowest BCUT2D eigenvalue weighted by Crippen LogP contribution is -2.40. The number of aromatic nitrogens is 1. The number of thiophene rings is 1. The third-order valence-corrected chi connectivity index (χ3v) is 7.44. The zero-order valence-corrected chi connectivity index (χ0v) is 19.9. The van der Waals surface area contributed by atoms with Crippen LogP contribution < -0.4 is 20.2 Å². The highest BCUT2D eigenvalue weighted by Gasteiger charge is 2.33. The maximum absolute atomic E-state index is 13.5. The van der Waals surface area contributed by atoms with Crippen LogP contribution in [0.3, 0.4) is 0 Å². The molecule has 1 aliphatic rings. The van der Waals surface area contributed by atoms with Gasteiger partial charge in [0.25, 0.3) is 11.5 Å². The number of halogens is 1. The molecule has 0 saturated carbocycles. The maximum atomic E-state index is 13.5. The Bertz CT molecular complexity index is 1530. The lowest BCUT2D eigenvalue weighted by molar-refractivity contribution is -0.113. The summed E-state index contributed by atoms with van der Waals surface area (Å²) in [6.45, 7) is 1.82. The second-order valence-corrected chi connectivity index (χ2v) is 9.89. The van der Waals surface area contributed by atoms with Crippen molar-refractivity contribution in [2.45, 2.75) is 13.0 Å². The Morgan fingerprint density at radius 3 is 2.55 bits per heavy atom. The van der Waals surface area contributed by atoms with Crippen LogP contribution in [-0.2, 0) is 4.79 Å². The van der Waals surface area contributed by atoms with Crippen LogP contribution >= 0.6 is 34.3 Å². The molecule has 0 unspecified atom stereocenters. The van der Waals surface area contributed by atoms with Crippen molar-refractivity contribution in [2.24, 2.45) is 4.99 Å². The minimum Gasteiger partial charge on any atom is -0.322 e. The molecule has 1 N–H and O–H groups in total. The predicted molar refractivity (Wildman–Crippen MR) is 135 cm³/mol. The fraction of sp³-hybridized carbons (Fsp3) is 0.0800. The zero-order chi connectivity index (χ0) is 22.9. The van der Waals surface area contributed by atoms with E-state index in [1.54, 1.807) is 16.7 Å². The number of anilines is 1. The van der Waals surface area contributed by atoms with Gasteiger partial charge in [0.2, 0.25) is 0 Å². The SMILES string of the molecule is CC1=C(C(=O)Nc2ccccc2)[C@H](c2cccs2)n2c(s/c(=C/c3ccc(Cl)cc3)c2=O)=N1. The van der Waals surface area contributed by atoms with E-state index in [0.29, 0.717) is 31.3 Å². The van der Waals surface area contributed by atoms with Gasteiger partial charge in [-0.25, -0.2) is 4.99 Å². The molecular formula is C25H18ClN3O2S2. The van der Waals surface area contributed by atoms with Crippen LogP contribution in [-0.4, -0.2) is 10.5 Å². The van der Waals surface area contributed by atoms with Crippen molar-refractivity contribution in [1.29, 1.82) is 0 Å². The van der Waals surface area contributed by atoms with E-state index in [0.717, 1.165) is 10.4 Å². The lowest BCUT2D eigenvalue weighted by atomic mass is 10.0. The Balaban J connectivity index is 1.65. The molecule has 1 amide bonds. The van der Waals surface area contributed by atoms with Crippen LogP contribution in [0.4, 0.5) is 5.69 Å². The monoisotopic (exact) mass is 491 g/mol. The van der Waals surface area contributed by atoms with Crippen LogP contribution in [0.2, 0.25) is 5.02 Å². The van der Waals surface area contributed by atoms with Crippen molar-refractivity contribution >= 4 is 51.9 Å². The number of thiazole rings is 1. The van der Waals surface area contributed by atoms with Crippen LogP contribution in [0.5, 0.6) is 0 Å². The third-order valence-electron chi connectivity index (χ3n) is 5.28. The summed E-state index contributed by atoms with van der Waals surface area (Å²) < 4.78 is 2.18. The molecule has 5 rings (SSSR count). The van der Waals surface area contributed by atoms with Crippen LogP contribution in [0, 0.1) is 0 Å². The fourth-order valence-electron chi connectivity index (χ4n) is 3.76. The van der Waals surface area contributed by atoms with Crippen molar-refractivity contribution < 1.29 is 4.79 Å². The first-order valence-corrected chi connectivity index (χ1v) is 12.3. The summed E-state index contributed by atoms with van der Waals surface area (Å²) in [5, 5.41) is 5.53. The first kappa shape index (κ1) is 21.6. The highest BCUT2D eigenvalue weighted by molar-refractivity contribution is 7.10. The van der Waals surface area contributed by atoms with Crippen molar-refractivity contribution in [3.63, 3.8) is 0 Å². The number of nitrogens with zero attached hydrogens (tertiary/aromatic N) is 2. The Labute approximate surface area is 202 Å². The summed E-state index contributed by atoms with van der Waals surface area (Å²) in [7, 11) is 0. The predicted octanol–water partition coefficient (Wildman–Crippen LogP) is 4.59. The number of carbonyl (C=O) groups excluding carboxylic acids is 1. The molecule has 0 saturated heterocycles. The van der Waals surface area contributed by atoms with E-state index >= 15 is 0 Å². The Hall–Kier alpha value is -3.26. The molecule has 2 aromatic carbocycles. The average molecular weight is 492 g/mol. The minimum absolute atomic E-state index is 0.176. The van der Waals surface area contributed by atoms with E-state index in [-0.39, 0.29) is 11.5 Å². The van der Waals surface area contributed by atoms with Crippen molar-refractivity contribution in [1.82, 2.24) is 4.57 Å². The largest absolute Gasteiger partial charge is 0.322 e. The van der Waals surface area contributed by atoms with Gasteiger partial charge in [0.15, 0.2) is 4.80 Å². The van der Waals surface area contributed by atoms with Gasteiger partial charge in [-0.15, -0.1) is 11.3 Å². The van der Waals surface area contributed by atoms with Crippen molar-refractivity contribution in [3.05, 3.63) is 119 Å². The molecule has 0 aliphatic carbocycles. The summed E-state index contributed by atoms with van der Waals surface area (Å²) in [5.41, 5.74) is 2.44. The highest BCUT2D eigenvalue weighted by Crippen LogP contribution is 2.33. The van der Waals surface area contributed by atoms with Gasteiger partial charge in [-0.3, -0.25) is 14.2 Å². The molecule has 0 spiro atoms. The van der Waals surface area contributed by atoms with Gasteiger partial charge in [-0.05, 0) is 54.3 Å². The van der Waals surface area contributed by atoms with E-state index in [1.807, 2.05) is 73.0 Å².